The second kappa shape index (κ2) is 6.73. The van der Waals surface area contributed by atoms with Crippen molar-refractivity contribution >= 4 is 11.6 Å². The highest BCUT2D eigenvalue weighted by Gasteiger charge is 2.20. The summed E-state index contributed by atoms with van der Waals surface area (Å²) in [6.07, 6.45) is 3.59. The molecule has 1 saturated carbocycles. The lowest BCUT2D eigenvalue weighted by molar-refractivity contribution is 0.313. The maximum absolute atomic E-state index is 6.42. The number of aryl methyl sites for hydroxylation is 2. The number of nitrogens with one attached hydrogen (secondary N) is 1. The largest absolute Gasteiger partial charge is 0.313 e. The average molecular weight is 285 g/mol. The highest BCUT2D eigenvalue weighted by Crippen LogP contribution is 2.22. The van der Waals surface area contributed by atoms with Crippen molar-refractivity contribution in [1.82, 2.24) is 20.0 Å². The average Bonchev–Trinajstić information content (AvgIpc) is 3.17. The lowest BCUT2D eigenvalue weighted by atomic mass is 10.3. The Kier molecular flexibility index (Phi) is 5.25. The molecule has 0 bridgehead atoms. The molecule has 0 aliphatic heterocycles. The molecule has 1 aromatic heterocycles. The molecular weight excluding hydrogens is 260 g/mol. The van der Waals surface area contributed by atoms with Gasteiger partial charge in [0.2, 0.25) is 0 Å². The fourth-order valence-corrected chi connectivity index (χ4v) is 2.58. The fourth-order valence-electron chi connectivity index (χ4n) is 2.25. The van der Waals surface area contributed by atoms with Crippen molar-refractivity contribution in [3.05, 3.63) is 16.4 Å². The van der Waals surface area contributed by atoms with Gasteiger partial charge in [0.15, 0.2) is 0 Å². The standard InChI is InChI=1S/C14H25ClN4/c1-4-12-14(15)13(19(5-2)17-12)10-18(3)9-8-16-11-6-7-11/h11,16H,4-10H2,1-3H3. The van der Waals surface area contributed by atoms with Crippen molar-refractivity contribution in [2.75, 3.05) is 20.1 Å². The first kappa shape index (κ1) is 14.8. The minimum Gasteiger partial charge on any atom is -0.313 e. The maximum Gasteiger partial charge on any atom is 0.0863 e. The van der Waals surface area contributed by atoms with E-state index in [-0.39, 0.29) is 0 Å². The summed E-state index contributed by atoms with van der Waals surface area (Å²) in [7, 11) is 2.14. The quantitative estimate of drug-likeness (QED) is 0.795. The van der Waals surface area contributed by atoms with Gasteiger partial charge in [-0.05, 0) is 33.2 Å². The third-order valence-electron chi connectivity index (χ3n) is 3.62. The van der Waals surface area contributed by atoms with Crippen LogP contribution in [0, 0.1) is 0 Å². The second-order valence-electron chi connectivity index (χ2n) is 5.34. The maximum atomic E-state index is 6.42. The first-order chi connectivity index (χ1) is 9.15. The predicted octanol–water partition coefficient (Wildman–Crippen LogP) is 2.30. The van der Waals surface area contributed by atoms with Crippen molar-refractivity contribution in [2.24, 2.45) is 0 Å². The minimum absolute atomic E-state index is 0.782. The number of halogens is 1. The lowest BCUT2D eigenvalue weighted by Gasteiger charge is -2.17. The van der Waals surface area contributed by atoms with Gasteiger partial charge in [0.25, 0.3) is 0 Å². The van der Waals surface area contributed by atoms with Crippen molar-refractivity contribution in [3.63, 3.8) is 0 Å². The molecule has 0 unspecified atom stereocenters. The number of likely N-dealkylation sites (N-methyl/N-ethyl adjacent to an activating group) is 1. The third kappa shape index (κ3) is 3.94. The summed E-state index contributed by atoms with van der Waals surface area (Å²) in [4.78, 5) is 2.31. The molecule has 0 amide bonds. The molecule has 1 heterocycles. The second-order valence-corrected chi connectivity index (χ2v) is 5.72. The van der Waals surface area contributed by atoms with Crippen LogP contribution in [0.4, 0.5) is 0 Å². The molecule has 1 aromatic rings. The van der Waals surface area contributed by atoms with E-state index in [2.05, 4.69) is 36.2 Å². The van der Waals surface area contributed by atoms with E-state index in [4.69, 9.17) is 11.6 Å². The molecular formula is C14H25ClN4. The van der Waals surface area contributed by atoms with Crippen LogP contribution in [-0.2, 0) is 19.5 Å². The first-order valence-corrected chi connectivity index (χ1v) is 7.69. The van der Waals surface area contributed by atoms with Crippen LogP contribution in [0.25, 0.3) is 0 Å². The predicted molar refractivity (Wildman–Crippen MR) is 79.6 cm³/mol. The van der Waals surface area contributed by atoms with Crippen LogP contribution in [0.15, 0.2) is 0 Å². The van der Waals surface area contributed by atoms with Gasteiger partial charge in [-0.2, -0.15) is 5.10 Å². The Hall–Kier alpha value is -0.580. The molecule has 0 saturated heterocycles. The lowest BCUT2D eigenvalue weighted by Crippen LogP contribution is -2.30. The summed E-state index contributed by atoms with van der Waals surface area (Å²) >= 11 is 6.42. The van der Waals surface area contributed by atoms with E-state index in [1.165, 1.54) is 12.8 Å². The molecule has 0 radical (unpaired) electrons. The van der Waals surface area contributed by atoms with Gasteiger partial charge in [-0.1, -0.05) is 18.5 Å². The van der Waals surface area contributed by atoms with Gasteiger partial charge in [-0.25, -0.2) is 0 Å². The molecule has 1 aliphatic carbocycles. The van der Waals surface area contributed by atoms with Gasteiger partial charge < -0.3 is 5.32 Å². The molecule has 1 N–H and O–H groups in total. The van der Waals surface area contributed by atoms with Gasteiger partial charge in [0.1, 0.15) is 0 Å². The van der Waals surface area contributed by atoms with E-state index < -0.39 is 0 Å². The number of hydrogen-bond acceptors (Lipinski definition) is 3. The van der Waals surface area contributed by atoms with Crippen LogP contribution in [0.2, 0.25) is 5.02 Å². The zero-order valence-corrected chi connectivity index (χ0v) is 13.0. The Labute approximate surface area is 121 Å². The Morgan fingerprint density at radius 3 is 2.74 bits per heavy atom. The van der Waals surface area contributed by atoms with Crippen LogP contribution in [-0.4, -0.2) is 40.9 Å². The van der Waals surface area contributed by atoms with Crippen LogP contribution < -0.4 is 5.32 Å². The molecule has 2 rings (SSSR count). The highest BCUT2D eigenvalue weighted by atomic mass is 35.5. The molecule has 0 aromatic carbocycles. The third-order valence-corrected chi connectivity index (χ3v) is 4.05. The minimum atomic E-state index is 0.782. The van der Waals surface area contributed by atoms with E-state index in [1.54, 1.807) is 0 Å². The van der Waals surface area contributed by atoms with E-state index in [0.717, 1.165) is 55.1 Å². The van der Waals surface area contributed by atoms with E-state index in [1.807, 2.05) is 4.68 Å². The number of rotatable bonds is 8. The van der Waals surface area contributed by atoms with Crippen molar-refractivity contribution < 1.29 is 0 Å². The summed E-state index contributed by atoms with van der Waals surface area (Å²) < 4.78 is 2.03. The Morgan fingerprint density at radius 1 is 1.42 bits per heavy atom. The fraction of sp³-hybridized carbons (Fsp3) is 0.786. The summed E-state index contributed by atoms with van der Waals surface area (Å²) in [6.45, 7) is 8.06. The summed E-state index contributed by atoms with van der Waals surface area (Å²) in [5.74, 6) is 0. The van der Waals surface area contributed by atoms with Crippen molar-refractivity contribution in [2.45, 2.75) is 52.2 Å². The molecule has 4 nitrogen and oxygen atoms in total. The van der Waals surface area contributed by atoms with E-state index >= 15 is 0 Å². The molecule has 0 spiro atoms. The molecule has 108 valence electrons. The zero-order chi connectivity index (χ0) is 13.8. The smallest absolute Gasteiger partial charge is 0.0863 e. The number of hydrogen-bond donors (Lipinski definition) is 1. The van der Waals surface area contributed by atoms with Gasteiger partial charge >= 0.3 is 0 Å². The molecule has 19 heavy (non-hydrogen) atoms. The highest BCUT2D eigenvalue weighted by molar-refractivity contribution is 6.31. The van der Waals surface area contributed by atoms with Gasteiger partial charge in [-0.15, -0.1) is 0 Å². The van der Waals surface area contributed by atoms with Gasteiger partial charge in [-0.3, -0.25) is 9.58 Å². The number of aromatic nitrogens is 2. The van der Waals surface area contributed by atoms with Crippen LogP contribution >= 0.6 is 11.6 Å². The van der Waals surface area contributed by atoms with E-state index in [0.29, 0.717) is 0 Å². The molecule has 0 atom stereocenters. The normalized spacial score (nSPS) is 15.4. The van der Waals surface area contributed by atoms with Crippen molar-refractivity contribution in [1.29, 1.82) is 0 Å². The van der Waals surface area contributed by atoms with E-state index in [9.17, 15) is 0 Å². The molecule has 1 aliphatic rings. The van der Waals surface area contributed by atoms with Crippen LogP contribution in [0.5, 0.6) is 0 Å². The SMILES string of the molecule is CCc1nn(CC)c(CN(C)CCNC2CC2)c1Cl. The first-order valence-electron chi connectivity index (χ1n) is 7.31. The zero-order valence-electron chi connectivity index (χ0n) is 12.2. The topological polar surface area (TPSA) is 33.1 Å². The summed E-state index contributed by atoms with van der Waals surface area (Å²) in [6, 6.07) is 0.782. The summed E-state index contributed by atoms with van der Waals surface area (Å²) in [5, 5.41) is 8.95. The Morgan fingerprint density at radius 2 is 2.16 bits per heavy atom. The van der Waals surface area contributed by atoms with Crippen LogP contribution in [0.1, 0.15) is 38.1 Å². The Balaban J connectivity index is 1.90. The van der Waals surface area contributed by atoms with Gasteiger partial charge in [0.05, 0.1) is 16.4 Å². The summed E-state index contributed by atoms with van der Waals surface area (Å²) in [5.41, 5.74) is 2.16. The van der Waals surface area contributed by atoms with Crippen LogP contribution in [0.3, 0.4) is 0 Å². The molecule has 5 heteroatoms. The Bertz CT molecular complexity index is 412. The molecule has 1 fully saturated rings. The number of nitrogens with zero attached hydrogens (tertiary/aromatic N) is 3. The van der Waals surface area contributed by atoms with Gasteiger partial charge in [0, 0.05) is 32.2 Å². The monoisotopic (exact) mass is 284 g/mol. The van der Waals surface area contributed by atoms with Crippen molar-refractivity contribution in [3.8, 4) is 0 Å².